The van der Waals surface area contributed by atoms with Crippen LogP contribution in [0.25, 0.3) is 0 Å². The number of hydrogen-bond acceptors (Lipinski definition) is 3. The molecule has 0 aliphatic heterocycles. The van der Waals surface area contributed by atoms with Gasteiger partial charge in [0.1, 0.15) is 5.75 Å². The number of ether oxygens (including phenoxy) is 1. The average molecular weight is 303 g/mol. The third kappa shape index (κ3) is 6.45. The molecule has 19 heavy (non-hydrogen) atoms. The molecule has 0 aliphatic rings. The Morgan fingerprint density at radius 3 is 2.95 bits per heavy atom. The molecule has 1 N–H and O–H groups in total. The van der Waals surface area contributed by atoms with Crippen molar-refractivity contribution in [3.05, 3.63) is 28.2 Å². The maximum Gasteiger partial charge on any atom is 0.240 e. The van der Waals surface area contributed by atoms with Crippen LogP contribution >= 0.6 is 23.2 Å². The van der Waals surface area contributed by atoms with Crippen LogP contribution in [-0.2, 0) is 4.79 Å². The van der Waals surface area contributed by atoms with Gasteiger partial charge in [-0.1, -0.05) is 30.1 Å². The van der Waals surface area contributed by atoms with Crippen LogP contribution < -0.4 is 10.2 Å². The molecule has 0 fully saturated rings. The van der Waals surface area contributed by atoms with Crippen molar-refractivity contribution < 1.29 is 9.53 Å². The lowest BCUT2D eigenvalue weighted by atomic mass is 10.3. The Morgan fingerprint density at radius 2 is 2.26 bits per heavy atom. The SMILES string of the molecule is CCC=NNC(=O)CCCOc1ccc(Cl)cc1Cl. The van der Waals surface area contributed by atoms with E-state index >= 15 is 0 Å². The summed E-state index contributed by atoms with van der Waals surface area (Å²) in [6.45, 7) is 2.35. The van der Waals surface area contributed by atoms with Crippen LogP contribution in [0.15, 0.2) is 23.3 Å². The number of amides is 1. The molecule has 104 valence electrons. The number of carbonyl (C=O) groups is 1. The van der Waals surface area contributed by atoms with Gasteiger partial charge in [0.25, 0.3) is 0 Å². The van der Waals surface area contributed by atoms with Gasteiger partial charge in [0.05, 0.1) is 11.6 Å². The van der Waals surface area contributed by atoms with Gasteiger partial charge in [-0.05, 0) is 31.0 Å². The van der Waals surface area contributed by atoms with Gasteiger partial charge in [0.15, 0.2) is 0 Å². The first kappa shape index (κ1) is 15.8. The van der Waals surface area contributed by atoms with Crippen LogP contribution in [0.4, 0.5) is 0 Å². The fourth-order valence-electron chi connectivity index (χ4n) is 1.27. The zero-order valence-electron chi connectivity index (χ0n) is 10.7. The summed E-state index contributed by atoms with van der Waals surface area (Å²) in [5.41, 5.74) is 2.43. The van der Waals surface area contributed by atoms with Crippen molar-refractivity contribution in [2.75, 3.05) is 6.61 Å². The molecule has 1 aromatic rings. The monoisotopic (exact) mass is 302 g/mol. The molecule has 0 radical (unpaired) electrons. The van der Waals surface area contributed by atoms with Gasteiger partial charge in [0.2, 0.25) is 5.91 Å². The van der Waals surface area contributed by atoms with Crippen molar-refractivity contribution in [1.82, 2.24) is 5.43 Å². The summed E-state index contributed by atoms with van der Waals surface area (Å²) < 4.78 is 5.46. The standard InChI is InChI=1S/C13H16Cl2N2O2/c1-2-7-16-17-13(18)4-3-8-19-12-6-5-10(14)9-11(12)15/h5-7,9H,2-4,8H2,1H3,(H,17,18). The highest BCUT2D eigenvalue weighted by Gasteiger charge is 2.03. The maximum absolute atomic E-state index is 11.3. The first-order valence-electron chi connectivity index (χ1n) is 6.01. The summed E-state index contributed by atoms with van der Waals surface area (Å²) in [6, 6.07) is 5.02. The molecule has 1 aromatic carbocycles. The van der Waals surface area contributed by atoms with Crippen molar-refractivity contribution in [3.63, 3.8) is 0 Å². The van der Waals surface area contributed by atoms with E-state index < -0.39 is 0 Å². The van der Waals surface area contributed by atoms with Crippen LogP contribution in [0.2, 0.25) is 10.0 Å². The summed E-state index contributed by atoms with van der Waals surface area (Å²) >= 11 is 11.7. The van der Waals surface area contributed by atoms with E-state index in [2.05, 4.69) is 10.5 Å². The van der Waals surface area contributed by atoms with Gasteiger partial charge < -0.3 is 4.74 Å². The molecule has 0 spiro atoms. The molecule has 0 bridgehead atoms. The van der Waals surface area contributed by atoms with Gasteiger partial charge in [-0.3, -0.25) is 4.79 Å². The topological polar surface area (TPSA) is 50.7 Å². The quantitative estimate of drug-likeness (QED) is 0.475. The van der Waals surface area contributed by atoms with Crippen molar-refractivity contribution in [1.29, 1.82) is 0 Å². The van der Waals surface area contributed by atoms with E-state index in [-0.39, 0.29) is 5.91 Å². The number of carbonyl (C=O) groups excluding carboxylic acids is 1. The smallest absolute Gasteiger partial charge is 0.240 e. The van der Waals surface area contributed by atoms with E-state index in [1.165, 1.54) is 0 Å². The number of nitrogens with zero attached hydrogens (tertiary/aromatic N) is 1. The fourth-order valence-corrected chi connectivity index (χ4v) is 1.73. The van der Waals surface area contributed by atoms with Gasteiger partial charge in [-0.25, -0.2) is 5.43 Å². The number of benzene rings is 1. The van der Waals surface area contributed by atoms with E-state index in [1.807, 2.05) is 6.92 Å². The molecule has 0 unspecified atom stereocenters. The Kier molecular flexibility index (Phi) is 7.30. The van der Waals surface area contributed by atoms with E-state index in [0.29, 0.717) is 35.2 Å². The predicted octanol–water partition coefficient (Wildman–Crippen LogP) is 3.66. The Balaban J connectivity index is 2.23. The van der Waals surface area contributed by atoms with E-state index in [9.17, 15) is 4.79 Å². The lowest BCUT2D eigenvalue weighted by molar-refractivity contribution is -0.121. The second kappa shape index (κ2) is 8.77. The molecule has 4 nitrogen and oxygen atoms in total. The molecule has 0 saturated carbocycles. The molecule has 0 aromatic heterocycles. The number of nitrogens with one attached hydrogen (secondary N) is 1. The lowest BCUT2D eigenvalue weighted by Crippen LogP contribution is -2.17. The minimum Gasteiger partial charge on any atom is -0.492 e. The summed E-state index contributed by atoms with van der Waals surface area (Å²) in [5.74, 6) is 0.436. The normalized spacial score (nSPS) is 10.7. The molecule has 0 atom stereocenters. The van der Waals surface area contributed by atoms with Gasteiger partial charge in [-0.15, -0.1) is 0 Å². The first-order valence-corrected chi connectivity index (χ1v) is 6.77. The Bertz CT molecular complexity index is 450. The highest BCUT2D eigenvalue weighted by molar-refractivity contribution is 6.35. The third-order valence-electron chi connectivity index (χ3n) is 2.16. The van der Waals surface area contributed by atoms with Crippen LogP contribution in [-0.4, -0.2) is 18.7 Å². The number of hydrazone groups is 1. The predicted molar refractivity (Wildman–Crippen MR) is 78.1 cm³/mol. The minimum absolute atomic E-state index is 0.129. The highest BCUT2D eigenvalue weighted by Crippen LogP contribution is 2.27. The second-order valence-electron chi connectivity index (χ2n) is 3.78. The first-order chi connectivity index (χ1) is 9.13. The zero-order valence-corrected chi connectivity index (χ0v) is 12.2. The van der Waals surface area contributed by atoms with Gasteiger partial charge in [0, 0.05) is 17.7 Å². The molecule has 0 aliphatic carbocycles. The molecular weight excluding hydrogens is 287 g/mol. The van der Waals surface area contributed by atoms with Gasteiger partial charge >= 0.3 is 0 Å². The average Bonchev–Trinajstić information content (AvgIpc) is 2.37. The van der Waals surface area contributed by atoms with E-state index in [4.69, 9.17) is 27.9 Å². The summed E-state index contributed by atoms with van der Waals surface area (Å²) in [7, 11) is 0. The molecular formula is C13H16Cl2N2O2. The maximum atomic E-state index is 11.3. The van der Waals surface area contributed by atoms with Crippen molar-refractivity contribution in [2.24, 2.45) is 5.10 Å². The van der Waals surface area contributed by atoms with Crippen LogP contribution in [0, 0.1) is 0 Å². The van der Waals surface area contributed by atoms with Gasteiger partial charge in [-0.2, -0.15) is 5.10 Å². The van der Waals surface area contributed by atoms with E-state index in [0.717, 1.165) is 6.42 Å². The molecule has 1 rings (SSSR count). The van der Waals surface area contributed by atoms with Crippen LogP contribution in [0.3, 0.4) is 0 Å². The molecule has 0 heterocycles. The molecule has 0 saturated heterocycles. The zero-order chi connectivity index (χ0) is 14.1. The van der Waals surface area contributed by atoms with Crippen molar-refractivity contribution in [3.8, 4) is 5.75 Å². The number of hydrogen-bond donors (Lipinski definition) is 1. The fraction of sp³-hybridized carbons (Fsp3) is 0.385. The Labute approximate surface area is 122 Å². The Morgan fingerprint density at radius 1 is 1.47 bits per heavy atom. The highest BCUT2D eigenvalue weighted by atomic mass is 35.5. The number of rotatable bonds is 7. The number of halogens is 2. The van der Waals surface area contributed by atoms with Crippen LogP contribution in [0.1, 0.15) is 26.2 Å². The Hall–Kier alpha value is -1.26. The lowest BCUT2D eigenvalue weighted by Gasteiger charge is -2.07. The summed E-state index contributed by atoms with van der Waals surface area (Å²) in [5, 5.41) is 4.77. The molecule has 6 heteroatoms. The van der Waals surface area contributed by atoms with E-state index in [1.54, 1.807) is 24.4 Å². The summed E-state index contributed by atoms with van der Waals surface area (Å²) in [6.07, 6.45) is 3.37. The van der Waals surface area contributed by atoms with Crippen molar-refractivity contribution >= 4 is 35.3 Å². The second-order valence-corrected chi connectivity index (χ2v) is 4.63. The summed E-state index contributed by atoms with van der Waals surface area (Å²) in [4.78, 5) is 11.3. The van der Waals surface area contributed by atoms with Crippen LogP contribution in [0.5, 0.6) is 5.75 Å². The molecule has 1 amide bonds. The minimum atomic E-state index is -0.129. The largest absolute Gasteiger partial charge is 0.492 e. The van der Waals surface area contributed by atoms with Crippen molar-refractivity contribution in [2.45, 2.75) is 26.2 Å². The third-order valence-corrected chi connectivity index (χ3v) is 2.69.